The van der Waals surface area contributed by atoms with Gasteiger partial charge in [-0.25, -0.2) is 8.78 Å². The molecule has 0 saturated heterocycles. The van der Waals surface area contributed by atoms with Crippen LogP contribution in [0.15, 0.2) is 42.5 Å². The van der Waals surface area contributed by atoms with Crippen LogP contribution in [0.5, 0.6) is 5.75 Å². The van der Waals surface area contributed by atoms with Crippen LogP contribution in [0.2, 0.25) is 0 Å². The first kappa shape index (κ1) is 23.1. The summed E-state index contributed by atoms with van der Waals surface area (Å²) in [5.74, 6) is -10.3. The summed E-state index contributed by atoms with van der Waals surface area (Å²) in [6.07, 6.45) is 0. The van der Waals surface area contributed by atoms with Gasteiger partial charge in [0.2, 0.25) is 11.6 Å². The molecule has 0 aliphatic rings. The largest absolute Gasteiger partial charge is 0.491 e. The predicted molar refractivity (Wildman–Crippen MR) is 120 cm³/mol. The number of anilines is 1. The topological polar surface area (TPSA) is 81.1 Å². The molecule has 0 unspecified atom stereocenters. The van der Waals surface area contributed by atoms with Crippen molar-refractivity contribution in [1.29, 1.82) is 0 Å². The number of aromatic nitrogens is 3. The molecule has 4 rings (SSSR count). The van der Waals surface area contributed by atoms with Gasteiger partial charge in [0.15, 0.2) is 22.5 Å². The molecule has 34 heavy (non-hydrogen) atoms. The summed E-state index contributed by atoms with van der Waals surface area (Å²) in [4.78, 5) is 13.7. The molecule has 2 N–H and O–H groups in total. The molecule has 0 spiro atoms. The smallest absolute Gasteiger partial charge is 0.263 e. The Bertz CT molecular complexity index is 1410. The van der Waals surface area contributed by atoms with Crippen LogP contribution in [0.25, 0.3) is 16.7 Å². The summed E-state index contributed by atoms with van der Waals surface area (Å²) in [5.41, 5.74) is 1.81. The zero-order valence-electron chi connectivity index (χ0n) is 17.6. The molecule has 12 heteroatoms. The number of amides is 1. The van der Waals surface area contributed by atoms with Gasteiger partial charge in [-0.05, 0) is 49.5 Å². The van der Waals surface area contributed by atoms with Gasteiger partial charge < -0.3 is 10.1 Å². The number of hydrogen-bond donors (Lipinski definition) is 2. The summed E-state index contributed by atoms with van der Waals surface area (Å²) < 4.78 is 60.4. The van der Waals surface area contributed by atoms with Crippen molar-refractivity contribution in [2.75, 3.05) is 12.4 Å². The Labute approximate surface area is 195 Å². The molecule has 7 nitrogen and oxygen atoms in total. The molecule has 0 atom stereocenters. The van der Waals surface area contributed by atoms with Crippen LogP contribution in [-0.4, -0.2) is 33.1 Å². The van der Waals surface area contributed by atoms with E-state index in [0.717, 1.165) is 18.4 Å². The Balaban J connectivity index is 1.52. The minimum absolute atomic E-state index is 0.370. The van der Waals surface area contributed by atoms with E-state index in [1.54, 1.807) is 18.2 Å². The fraction of sp³-hybridized carbons (Fsp3) is 0.0909. The molecule has 4 aromatic rings. The molecule has 1 aromatic heterocycles. The Kier molecular flexibility index (Phi) is 6.16. The van der Waals surface area contributed by atoms with Crippen LogP contribution in [0.3, 0.4) is 0 Å². The number of hydrogen-bond acceptors (Lipinski definition) is 5. The highest BCUT2D eigenvalue weighted by Gasteiger charge is 2.30. The van der Waals surface area contributed by atoms with E-state index < -0.39 is 40.5 Å². The maximum atomic E-state index is 14.2. The van der Waals surface area contributed by atoms with Gasteiger partial charge >= 0.3 is 0 Å². The standard InChI is InChI=1S/C22H15F4N5O2S/c1-10-3-6-12(7-4-10)31-29-13-8-5-11(9-14(13)30-31)27-22(34)28-21(32)15-16(23)18(25)20(33-2)19(26)17(15)24/h3-9H,1-2H3,(H2,27,28,32,34). The van der Waals surface area contributed by atoms with E-state index in [2.05, 4.69) is 20.3 Å². The zero-order chi connectivity index (χ0) is 24.6. The lowest BCUT2D eigenvalue weighted by Crippen LogP contribution is -2.35. The lowest BCUT2D eigenvalue weighted by atomic mass is 10.1. The van der Waals surface area contributed by atoms with Crippen molar-refractivity contribution in [1.82, 2.24) is 20.3 Å². The quantitative estimate of drug-likeness (QED) is 0.251. The first-order chi connectivity index (χ1) is 16.2. The van der Waals surface area contributed by atoms with Gasteiger partial charge in [0.1, 0.15) is 16.6 Å². The third kappa shape index (κ3) is 4.27. The minimum Gasteiger partial charge on any atom is -0.491 e. The highest BCUT2D eigenvalue weighted by atomic mass is 32.1. The monoisotopic (exact) mass is 489 g/mol. The Morgan fingerprint density at radius 2 is 1.56 bits per heavy atom. The Hall–Kier alpha value is -4.06. The third-order valence-electron chi connectivity index (χ3n) is 4.78. The molecule has 1 amide bonds. The van der Waals surface area contributed by atoms with E-state index in [1.165, 1.54) is 4.80 Å². The fourth-order valence-corrected chi connectivity index (χ4v) is 3.31. The van der Waals surface area contributed by atoms with E-state index in [4.69, 9.17) is 12.2 Å². The van der Waals surface area contributed by atoms with Gasteiger partial charge in [0.25, 0.3) is 5.91 Å². The van der Waals surface area contributed by atoms with Gasteiger partial charge in [0.05, 0.1) is 12.8 Å². The first-order valence-corrected chi connectivity index (χ1v) is 10.1. The summed E-state index contributed by atoms with van der Waals surface area (Å²) in [7, 11) is 0.829. The van der Waals surface area contributed by atoms with Crippen LogP contribution in [0, 0.1) is 30.2 Å². The normalized spacial score (nSPS) is 10.9. The minimum atomic E-state index is -1.91. The summed E-state index contributed by atoms with van der Waals surface area (Å²) in [6, 6.07) is 12.4. The summed E-state index contributed by atoms with van der Waals surface area (Å²) in [6.45, 7) is 1.96. The lowest BCUT2D eigenvalue weighted by molar-refractivity contribution is 0.0966. The highest BCUT2D eigenvalue weighted by molar-refractivity contribution is 7.80. The number of aryl methyl sites for hydroxylation is 1. The van der Waals surface area contributed by atoms with Gasteiger partial charge in [-0.15, -0.1) is 10.2 Å². The second-order valence-corrected chi connectivity index (χ2v) is 7.51. The maximum Gasteiger partial charge on any atom is 0.263 e. The Morgan fingerprint density at radius 3 is 2.18 bits per heavy atom. The zero-order valence-corrected chi connectivity index (χ0v) is 18.4. The summed E-state index contributed by atoms with van der Waals surface area (Å²) in [5, 5.41) is 13.0. The molecule has 174 valence electrons. The number of methoxy groups -OCH3 is 1. The van der Waals surface area contributed by atoms with E-state index in [1.807, 2.05) is 36.5 Å². The number of nitrogens with one attached hydrogen (secondary N) is 2. The number of carbonyl (C=O) groups is 1. The van der Waals surface area contributed by atoms with Gasteiger partial charge in [-0.3, -0.25) is 10.1 Å². The molecule has 0 bridgehead atoms. The van der Waals surface area contributed by atoms with Crippen LogP contribution >= 0.6 is 12.2 Å². The lowest BCUT2D eigenvalue weighted by Gasteiger charge is -2.12. The van der Waals surface area contributed by atoms with Crippen molar-refractivity contribution in [2.45, 2.75) is 6.92 Å². The highest BCUT2D eigenvalue weighted by Crippen LogP contribution is 2.29. The SMILES string of the molecule is COc1c(F)c(F)c(C(=O)NC(=S)Nc2ccc3nn(-c4ccc(C)cc4)nc3c2)c(F)c1F. The number of carbonyl (C=O) groups excluding carboxylic acids is 1. The van der Waals surface area contributed by atoms with Crippen molar-refractivity contribution in [3.63, 3.8) is 0 Å². The molecule has 0 aliphatic carbocycles. The molecule has 3 aromatic carbocycles. The predicted octanol–water partition coefficient (Wildman–Crippen LogP) is 4.42. The third-order valence-corrected chi connectivity index (χ3v) is 4.99. The molecule has 0 aliphatic heterocycles. The van der Waals surface area contributed by atoms with Crippen molar-refractivity contribution in [3.8, 4) is 11.4 Å². The summed E-state index contributed by atoms with van der Waals surface area (Å²) >= 11 is 4.99. The molecule has 0 radical (unpaired) electrons. The fourth-order valence-electron chi connectivity index (χ4n) is 3.10. The molecular weight excluding hydrogens is 474 g/mol. The van der Waals surface area contributed by atoms with Crippen molar-refractivity contribution < 1.29 is 27.1 Å². The molecule has 0 saturated carbocycles. The number of rotatable bonds is 4. The van der Waals surface area contributed by atoms with Gasteiger partial charge in [-0.1, -0.05) is 17.7 Å². The van der Waals surface area contributed by atoms with Crippen molar-refractivity contribution >= 4 is 40.0 Å². The number of nitrogens with zero attached hydrogens (tertiary/aromatic N) is 3. The second kappa shape index (κ2) is 9.06. The van der Waals surface area contributed by atoms with Crippen LogP contribution in [0.4, 0.5) is 23.2 Å². The average Bonchev–Trinajstić information content (AvgIpc) is 3.22. The van der Waals surface area contributed by atoms with E-state index in [-0.39, 0.29) is 5.11 Å². The first-order valence-electron chi connectivity index (χ1n) is 9.66. The Morgan fingerprint density at radius 1 is 0.941 bits per heavy atom. The van der Waals surface area contributed by atoms with Gasteiger partial charge in [-0.2, -0.15) is 13.6 Å². The van der Waals surface area contributed by atoms with Crippen LogP contribution in [-0.2, 0) is 0 Å². The molecule has 1 heterocycles. The molecular formula is C22H15F4N5O2S. The van der Waals surface area contributed by atoms with E-state index in [0.29, 0.717) is 16.7 Å². The van der Waals surface area contributed by atoms with Crippen LogP contribution in [0.1, 0.15) is 15.9 Å². The van der Waals surface area contributed by atoms with Crippen LogP contribution < -0.4 is 15.4 Å². The average molecular weight is 489 g/mol. The van der Waals surface area contributed by atoms with E-state index in [9.17, 15) is 22.4 Å². The number of halogens is 4. The maximum absolute atomic E-state index is 14.2. The second-order valence-electron chi connectivity index (χ2n) is 7.10. The number of thiocarbonyl (C=S) groups is 1. The van der Waals surface area contributed by atoms with Crippen molar-refractivity contribution in [2.24, 2.45) is 0 Å². The van der Waals surface area contributed by atoms with Gasteiger partial charge in [0, 0.05) is 5.69 Å². The number of fused-ring (bicyclic) bond motifs is 1. The number of ether oxygens (including phenoxy) is 1. The van der Waals surface area contributed by atoms with Crippen molar-refractivity contribution in [3.05, 3.63) is 76.9 Å². The molecule has 0 fully saturated rings. The van der Waals surface area contributed by atoms with E-state index >= 15 is 0 Å². The number of benzene rings is 3.